The van der Waals surface area contributed by atoms with Crippen molar-refractivity contribution in [1.82, 2.24) is 0 Å². The van der Waals surface area contributed by atoms with E-state index >= 15 is 0 Å². The van der Waals surface area contributed by atoms with Crippen molar-refractivity contribution < 1.29 is 45.3 Å². The lowest BCUT2D eigenvalue weighted by atomic mass is 10.1. The van der Waals surface area contributed by atoms with E-state index in [1.54, 1.807) is 0 Å². The summed E-state index contributed by atoms with van der Waals surface area (Å²) in [5, 5.41) is 9.63. The fraction of sp³-hybridized carbons (Fsp3) is 0.217. The minimum Gasteiger partial charge on any atom is -0.457 e. The van der Waals surface area contributed by atoms with Crippen molar-refractivity contribution in [1.29, 1.82) is 0 Å². The molecule has 0 aromatic heterocycles. The molecule has 1 atom stereocenters. The molecule has 0 spiro atoms. The molecule has 1 unspecified atom stereocenters. The van der Waals surface area contributed by atoms with Crippen LogP contribution in [-0.2, 0) is 6.54 Å². The van der Waals surface area contributed by atoms with Crippen LogP contribution in [0.2, 0.25) is 0 Å². The SMILES string of the molecule is OC(CN(Cc1cccc(OC(F)(F)F)c1)c1cccc(Oc2ccc(F)cc2)c1)C(F)(F)F. The van der Waals surface area contributed by atoms with Crippen LogP contribution in [0.3, 0.4) is 0 Å². The Labute approximate surface area is 189 Å². The summed E-state index contributed by atoms with van der Waals surface area (Å²) in [6.07, 6.45) is -12.6. The molecule has 11 heteroatoms. The van der Waals surface area contributed by atoms with Gasteiger partial charge in [-0.15, -0.1) is 13.2 Å². The van der Waals surface area contributed by atoms with Crippen LogP contribution in [0.4, 0.5) is 36.4 Å². The minimum atomic E-state index is -4.93. The smallest absolute Gasteiger partial charge is 0.457 e. The van der Waals surface area contributed by atoms with E-state index in [1.165, 1.54) is 60.7 Å². The van der Waals surface area contributed by atoms with Crippen LogP contribution in [0, 0.1) is 5.82 Å². The van der Waals surface area contributed by atoms with Gasteiger partial charge < -0.3 is 19.5 Å². The van der Waals surface area contributed by atoms with Gasteiger partial charge in [-0.1, -0.05) is 18.2 Å². The first kappa shape index (κ1) is 25.2. The van der Waals surface area contributed by atoms with E-state index < -0.39 is 36.8 Å². The predicted molar refractivity (Wildman–Crippen MR) is 109 cm³/mol. The highest BCUT2D eigenvalue weighted by atomic mass is 19.4. The van der Waals surface area contributed by atoms with Crippen molar-refractivity contribution in [3.8, 4) is 17.2 Å². The lowest BCUT2D eigenvalue weighted by Gasteiger charge is -2.29. The van der Waals surface area contributed by atoms with Gasteiger partial charge in [-0.05, 0) is 54.1 Å². The Balaban J connectivity index is 1.87. The molecule has 1 N–H and O–H groups in total. The molecule has 3 aromatic rings. The van der Waals surface area contributed by atoms with Crippen molar-refractivity contribution in [2.24, 2.45) is 0 Å². The second kappa shape index (κ2) is 10.2. The zero-order chi connectivity index (χ0) is 24.9. The molecule has 3 rings (SSSR count). The van der Waals surface area contributed by atoms with Gasteiger partial charge in [-0.3, -0.25) is 0 Å². The molecule has 0 amide bonds. The summed E-state index contributed by atoms with van der Waals surface area (Å²) in [7, 11) is 0. The average molecular weight is 489 g/mol. The number of rotatable bonds is 8. The molecule has 0 heterocycles. The Kier molecular flexibility index (Phi) is 7.55. The van der Waals surface area contributed by atoms with E-state index in [0.717, 1.165) is 17.0 Å². The zero-order valence-corrected chi connectivity index (χ0v) is 17.3. The summed E-state index contributed by atoms with van der Waals surface area (Å²) in [6.45, 7) is -1.17. The molecule has 0 aliphatic heterocycles. The maximum atomic E-state index is 13.1. The third kappa shape index (κ3) is 7.55. The Bertz CT molecular complexity index is 1080. The van der Waals surface area contributed by atoms with Crippen LogP contribution in [0.5, 0.6) is 17.2 Å². The number of anilines is 1. The maximum Gasteiger partial charge on any atom is 0.573 e. The van der Waals surface area contributed by atoms with E-state index in [2.05, 4.69) is 4.74 Å². The van der Waals surface area contributed by atoms with Gasteiger partial charge in [0.15, 0.2) is 6.10 Å². The highest BCUT2D eigenvalue weighted by molar-refractivity contribution is 5.52. The second-order valence-electron chi connectivity index (χ2n) is 7.19. The molecule has 0 fully saturated rings. The van der Waals surface area contributed by atoms with Crippen LogP contribution >= 0.6 is 0 Å². The molecular weight excluding hydrogens is 471 g/mol. The van der Waals surface area contributed by atoms with Crippen molar-refractivity contribution in [2.75, 3.05) is 11.4 Å². The molecule has 34 heavy (non-hydrogen) atoms. The quantitative estimate of drug-likeness (QED) is 0.370. The van der Waals surface area contributed by atoms with Crippen LogP contribution < -0.4 is 14.4 Å². The third-order valence-corrected chi connectivity index (χ3v) is 4.51. The zero-order valence-electron chi connectivity index (χ0n) is 17.3. The maximum absolute atomic E-state index is 13.1. The summed E-state index contributed by atoms with van der Waals surface area (Å²) in [4.78, 5) is 1.14. The fourth-order valence-corrected chi connectivity index (χ4v) is 3.02. The molecule has 0 bridgehead atoms. The van der Waals surface area contributed by atoms with Gasteiger partial charge in [0, 0.05) is 18.3 Å². The molecule has 0 aliphatic rings. The number of hydrogen-bond donors (Lipinski definition) is 1. The fourth-order valence-electron chi connectivity index (χ4n) is 3.02. The molecule has 0 saturated heterocycles. The summed E-state index contributed by atoms with van der Waals surface area (Å²) in [5.74, 6) is -0.526. The Hall–Kier alpha value is -3.47. The summed E-state index contributed by atoms with van der Waals surface area (Å²) < 4.78 is 99.2. The standard InChI is InChI=1S/C23H18F7NO3/c24-16-7-9-18(10-8-16)33-19-5-2-4-17(12-19)31(14-21(32)22(25,26)27)13-15-3-1-6-20(11-15)34-23(28,29)30/h1-12,21,32H,13-14H2. The predicted octanol–water partition coefficient (Wildman–Crippen LogP) is 6.45. The Morgan fingerprint density at radius 1 is 0.794 bits per heavy atom. The van der Waals surface area contributed by atoms with E-state index in [0.29, 0.717) is 0 Å². The van der Waals surface area contributed by atoms with E-state index in [4.69, 9.17) is 4.74 Å². The van der Waals surface area contributed by atoms with Crippen molar-refractivity contribution >= 4 is 5.69 Å². The number of hydrogen-bond acceptors (Lipinski definition) is 4. The topological polar surface area (TPSA) is 41.9 Å². The normalized spacial score (nSPS) is 12.8. The van der Waals surface area contributed by atoms with Crippen LogP contribution in [0.25, 0.3) is 0 Å². The van der Waals surface area contributed by atoms with Gasteiger partial charge in [-0.25, -0.2) is 4.39 Å². The highest BCUT2D eigenvalue weighted by Crippen LogP contribution is 2.30. The van der Waals surface area contributed by atoms with Gasteiger partial charge in [0.25, 0.3) is 0 Å². The van der Waals surface area contributed by atoms with E-state index in [9.17, 15) is 35.8 Å². The van der Waals surface area contributed by atoms with Crippen molar-refractivity contribution in [3.63, 3.8) is 0 Å². The summed E-state index contributed by atoms with van der Waals surface area (Å²) >= 11 is 0. The number of alkyl halides is 6. The number of aliphatic hydroxyl groups is 1. The van der Waals surface area contributed by atoms with Gasteiger partial charge in [0.05, 0.1) is 6.54 Å². The molecule has 3 aromatic carbocycles. The monoisotopic (exact) mass is 489 g/mol. The van der Waals surface area contributed by atoms with Gasteiger partial charge in [-0.2, -0.15) is 13.2 Å². The van der Waals surface area contributed by atoms with Crippen LogP contribution in [0.1, 0.15) is 5.56 Å². The lowest BCUT2D eigenvalue weighted by Crippen LogP contribution is -2.40. The molecule has 0 radical (unpaired) electrons. The molecule has 182 valence electrons. The highest BCUT2D eigenvalue weighted by Gasteiger charge is 2.39. The number of aliphatic hydroxyl groups excluding tert-OH is 1. The molecule has 4 nitrogen and oxygen atoms in total. The van der Waals surface area contributed by atoms with Gasteiger partial charge >= 0.3 is 12.5 Å². The van der Waals surface area contributed by atoms with E-state index in [1.807, 2.05) is 0 Å². The van der Waals surface area contributed by atoms with Gasteiger partial charge in [0.1, 0.15) is 23.1 Å². The number of benzene rings is 3. The third-order valence-electron chi connectivity index (χ3n) is 4.51. The Morgan fingerprint density at radius 2 is 1.44 bits per heavy atom. The average Bonchev–Trinajstić information content (AvgIpc) is 2.73. The first-order valence-corrected chi connectivity index (χ1v) is 9.77. The van der Waals surface area contributed by atoms with Crippen molar-refractivity contribution in [3.05, 3.63) is 84.2 Å². The van der Waals surface area contributed by atoms with Crippen LogP contribution in [0.15, 0.2) is 72.8 Å². The van der Waals surface area contributed by atoms with Gasteiger partial charge in [0.2, 0.25) is 0 Å². The first-order chi connectivity index (χ1) is 15.9. The first-order valence-electron chi connectivity index (χ1n) is 9.77. The van der Waals surface area contributed by atoms with Crippen LogP contribution in [-0.4, -0.2) is 30.3 Å². The summed E-state index contributed by atoms with van der Waals surface area (Å²) in [5.41, 5.74) is 0.408. The molecule has 0 aliphatic carbocycles. The largest absolute Gasteiger partial charge is 0.573 e. The Morgan fingerprint density at radius 3 is 2.09 bits per heavy atom. The summed E-state index contributed by atoms with van der Waals surface area (Å²) in [6, 6.07) is 15.7. The van der Waals surface area contributed by atoms with Crippen molar-refractivity contribution in [2.45, 2.75) is 25.2 Å². The minimum absolute atomic E-state index is 0.199. The number of nitrogens with zero attached hydrogens (tertiary/aromatic N) is 1. The second-order valence-corrected chi connectivity index (χ2v) is 7.19. The number of ether oxygens (including phenoxy) is 2. The molecular formula is C23H18F7NO3. The number of halogens is 7. The molecule has 0 saturated carbocycles. The van der Waals surface area contributed by atoms with E-state index in [-0.39, 0.29) is 29.3 Å². The lowest BCUT2D eigenvalue weighted by molar-refractivity contribution is -0.274.